The van der Waals surface area contributed by atoms with Crippen LogP contribution in [-0.2, 0) is 19.1 Å². The van der Waals surface area contributed by atoms with Gasteiger partial charge in [0.15, 0.2) is 0 Å². The van der Waals surface area contributed by atoms with Crippen molar-refractivity contribution in [2.24, 2.45) is 11.5 Å². The number of methoxy groups -OCH3 is 1. The van der Waals surface area contributed by atoms with E-state index in [9.17, 15) is 14.4 Å². The van der Waals surface area contributed by atoms with Crippen LogP contribution in [0.4, 0.5) is 4.79 Å². The Morgan fingerprint density at radius 3 is 1.85 bits per heavy atom. The van der Waals surface area contributed by atoms with E-state index in [2.05, 4.69) is 10.6 Å². The molecular weight excluding hydrogens is 352 g/mol. The van der Waals surface area contributed by atoms with Crippen LogP contribution in [0, 0.1) is 0 Å². The van der Waals surface area contributed by atoms with E-state index in [0.29, 0.717) is 38.8 Å². The van der Waals surface area contributed by atoms with Crippen molar-refractivity contribution in [1.29, 1.82) is 0 Å². The number of hydrogen-bond donors (Lipinski definition) is 4. The Morgan fingerprint density at radius 2 is 1.41 bits per heavy atom. The molecule has 0 fully saturated rings. The molecule has 0 aromatic heterocycles. The number of nitrogens with one attached hydrogen (secondary N) is 2. The van der Waals surface area contributed by atoms with E-state index in [4.69, 9.17) is 20.9 Å². The number of carbonyl (C=O) groups excluding carboxylic acids is 3. The van der Waals surface area contributed by atoms with Crippen molar-refractivity contribution >= 4 is 18.0 Å². The largest absolute Gasteiger partial charge is 0.467 e. The standard InChI is InChI=1S/C18H36N4O5/c1-18(2,3)27-17(25)22-13(9-5-7-11-19)15(23)21-14(16(24)26-4)10-6-8-12-20/h13-14H,5-12,19-20H2,1-4H3,(H,21,23)(H,22,25)/t13-,14?/m0/s1. The van der Waals surface area contributed by atoms with Crippen molar-refractivity contribution in [2.75, 3.05) is 20.2 Å². The Kier molecular flexibility index (Phi) is 12.4. The lowest BCUT2D eigenvalue weighted by atomic mass is 10.1. The van der Waals surface area contributed by atoms with Crippen LogP contribution in [0.1, 0.15) is 59.3 Å². The molecule has 1 unspecified atom stereocenters. The highest BCUT2D eigenvalue weighted by Crippen LogP contribution is 2.09. The summed E-state index contributed by atoms with van der Waals surface area (Å²) in [5.74, 6) is -0.987. The fourth-order valence-electron chi connectivity index (χ4n) is 2.37. The zero-order chi connectivity index (χ0) is 20.9. The lowest BCUT2D eigenvalue weighted by Gasteiger charge is -2.25. The van der Waals surface area contributed by atoms with Crippen molar-refractivity contribution in [2.45, 2.75) is 77.0 Å². The molecule has 9 nitrogen and oxygen atoms in total. The quantitative estimate of drug-likeness (QED) is 0.286. The molecule has 158 valence electrons. The summed E-state index contributed by atoms with van der Waals surface area (Å²) in [4.78, 5) is 36.6. The highest BCUT2D eigenvalue weighted by Gasteiger charge is 2.28. The number of rotatable bonds is 12. The number of esters is 1. The second kappa shape index (κ2) is 13.3. The van der Waals surface area contributed by atoms with Crippen molar-refractivity contribution in [3.8, 4) is 0 Å². The van der Waals surface area contributed by atoms with Gasteiger partial charge >= 0.3 is 12.1 Å². The van der Waals surface area contributed by atoms with E-state index in [-0.39, 0.29) is 0 Å². The second-order valence-corrected chi connectivity index (χ2v) is 7.35. The summed E-state index contributed by atoms with van der Waals surface area (Å²) in [6.07, 6.45) is 2.90. The zero-order valence-electron chi connectivity index (χ0n) is 17.0. The Morgan fingerprint density at radius 1 is 0.889 bits per heavy atom. The first-order valence-electron chi connectivity index (χ1n) is 9.42. The van der Waals surface area contributed by atoms with Gasteiger partial charge in [-0.2, -0.15) is 0 Å². The second-order valence-electron chi connectivity index (χ2n) is 7.35. The molecule has 0 saturated heterocycles. The molecule has 0 saturated carbocycles. The number of carbonyl (C=O) groups is 3. The minimum absolute atomic E-state index is 0.388. The van der Waals surface area contributed by atoms with Crippen molar-refractivity contribution in [3.63, 3.8) is 0 Å². The highest BCUT2D eigenvalue weighted by molar-refractivity contribution is 5.89. The van der Waals surface area contributed by atoms with Crippen LogP contribution in [0.5, 0.6) is 0 Å². The number of hydrogen-bond acceptors (Lipinski definition) is 7. The third-order valence-corrected chi connectivity index (χ3v) is 3.70. The summed E-state index contributed by atoms with van der Waals surface area (Å²) in [6.45, 7) is 6.21. The molecule has 0 rings (SSSR count). The van der Waals surface area contributed by atoms with Gasteiger partial charge in [-0.25, -0.2) is 9.59 Å². The van der Waals surface area contributed by atoms with Gasteiger partial charge in [-0.3, -0.25) is 4.79 Å². The predicted molar refractivity (Wildman–Crippen MR) is 103 cm³/mol. The molecule has 0 aliphatic heterocycles. The Hall–Kier alpha value is -1.87. The third kappa shape index (κ3) is 12.2. The van der Waals surface area contributed by atoms with Gasteiger partial charge in [-0.15, -0.1) is 0 Å². The monoisotopic (exact) mass is 388 g/mol. The smallest absolute Gasteiger partial charge is 0.408 e. The number of ether oxygens (including phenoxy) is 2. The average molecular weight is 389 g/mol. The molecule has 0 aromatic rings. The van der Waals surface area contributed by atoms with E-state index in [1.165, 1.54) is 7.11 Å². The molecule has 9 heteroatoms. The van der Waals surface area contributed by atoms with Gasteiger partial charge in [0.1, 0.15) is 17.7 Å². The fraction of sp³-hybridized carbons (Fsp3) is 0.833. The summed E-state index contributed by atoms with van der Waals surface area (Å²) in [5, 5.41) is 5.24. The Balaban J connectivity index is 4.99. The van der Waals surface area contributed by atoms with Crippen molar-refractivity contribution in [1.82, 2.24) is 10.6 Å². The van der Waals surface area contributed by atoms with Gasteiger partial charge in [0.05, 0.1) is 7.11 Å². The van der Waals surface area contributed by atoms with Gasteiger partial charge in [0, 0.05) is 0 Å². The van der Waals surface area contributed by atoms with Gasteiger partial charge in [0.25, 0.3) is 0 Å². The summed E-state index contributed by atoms with van der Waals surface area (Å²) >= 11 is 0. The topological polar surface area (TPSA) is 146 Å². The molecule has 0 spiro atoms. The molecule has 2 atom stereocenters. The van der Waals surface area contributed by atoms with Crippen LogP contribution in [0.2, 0.25) is 0 Å². The molecule has 0 aliphatic carbocycles. The third-order valence-electron chi connectivity index (χ3n) is 3.70. The van der Waals surface area contributed by atoms with E-state index < -0.39 is 35.7 Å². The van der Waals surface area contributed by atoms with Gasteiger partial charge in [0.2, 0.25) is 5.91 Å². The number of amides is 2. The lowest BCUT2D eigenvalue weighted by Crippen LogP contribution is -2.52. The summed E-state index contributed by atoms with van der Waals surface area (Å²) < 4.78 is 9.97. The van der Waals surface area contributed by atoms with E-state index in [1.54, 1.807) is 20.8 Å². The Bertz CT molecular complexity index is 465. The summed E-state index contributed by atoms with van der Waals surface area (Å²) in [7, 11) is 1.27. The highest BCUT2D eigenvalue weighted by atomic mass is 16.6. The zero-order valence-corrected chi connectivity index (χ0v) is 17.0. The van der Waals surface area contributed by atoms with Crippen LogP contribution >= 0.6 is 0 Å². The van der Waals surface area contributed by atoms with E-state index >= 15 is 0 Å². The van der Waals surface area contributed by atoms with Crippen LogP contribution in [0.25, 0.3) is 0 Å². The molecule has 27 heavy (non-hydrogen) atoms. The van der Waals surface area contributed by atoms with Crippen LogP contribution in [0.15, 0.2) is 0 Å². The molecular formula is C18H36N4O5. The maximum Gasteiger partial charge on any atom is 0.408 e. The van der Waals surface area contributed by atoms with E-state index in [0.717, 1.165) is 12.8 Å². The predicted octanol–water partition coefficient (Wildman–Crippen LogP) is 0.796. The molecule has 0 heterocycles. The SMILES string of the molecule is COC(=O)C(CCCCN)NC(=O)[C@H](CCCCN)NC(=O)OC(C)(C)C. The minimum Gasteiger partial charge on any atom is -0.467 e. The fourth-order valence-corrected chi connectivity index (χ4v) is 2.37. The number of unbranched alkanes of at least 4 members (excludes halogenated alkanes) is 2. The van der Waals surface area contributed by atoms with Crippen molar-refractivity contribution in [3.05, 3.63) is 0 Å². The van der Waals surface area contributed by atoms with Crippen LogP contribution in [-0.4, -0.2) is 55.9 Å². The Labute approximate surface area is 161 Å². The maximum atomic E-state index is 12.7. The molecule has 0 aliphatic rings. The number of alkyl carbamates (subject to hydrolysis) is 1. The van der Waals surface area contributed by atoms with Gasteiger partial charge in [-0.05, 0) is 72.4 Å². The molecule has 0 bridgehead atoms. The van der Waals surface area contributed by atoms with Crippen molar-refractivity contribution < 1.29 is 23.9 Å². The lowest BCUT2D eigenvalue weighted by molar-refractivity contribution is -0.145. The van der Waals surface area contributed by atoms with Crippen LogP contribution in [0.3, 0.4) is 0 Å². The van der Waals surface area contributed by atoms with Gasteiger partial charge < -0.3 is 31.6 Å². The van der Waals surface area contributed by atoms with Gasteiger partial charge in [-0.1, -0.05) is 0 Å². The first kappa shape index (κ1) is 25.1. The first-order valence-corrected chi connectivity index (χ1v) is 9.42. The summed E-state index contributed by atoms with van der Waals surface area (Å²) in [5.41, 5.74) is 10.3. The average Bonchev–Trinajstić information content (AvgIpc) is 2.57. The van der Waals surface area contributed by atoms with Crippen LogP contribution < -0.4 is 22.1 Å². The molecule has 0 aromatic carbocycles. The molecule has 6 N–H and O–H groups in total. The molecule has 2 amide bonds. The molecule has 0 radical (unpaired) electrons. The number of nitrogens with two attached hydrogens (primary N) is 2. The maximum absolute atomic E-state index is 12.7. The summed E-state index contributed by atoms with van der Waals surface area (Å²) in [6, 6.07) is -1.61. The normalized spacial score (nSPS) is 13.4. The van der Waals surface area contributed by atoms with E-state index in [1.807, 2.05) is 0 Å². The first-order chi connectivity index (χ1) is 12.6. The minimum atomic E-state index is -0.826.